The third kappa shape index (κ3) is 3.94. The molecule has 1 aromatic rings. The second kappa shape index (κ2) is 6.71. The van der Waals surface area contributed by atoms with E-state index in [-0.39, 0.29) is 16.5 Å². The van der Waals surface area contributed by atoms with Crippen LogP contribution in [-0.4, -0.2) is 32.6 Å². The quantitative estimate of drug-likeness (QED) is 0.714. The Balaban J connectivity index is 3.26. The normalized spacial score (nSPS) is 12.9. The summed E-state index contributed by atoms with van der Waals surface area (Å²) in [6.07, 6.45) is 1.86. The minimum absolute atomic E-state index is 0.0529. The first-order valence-corrected chi connectivity index (χ1v) is 7.87. The summed E-state index contributed by atoms with van der Waals surface area (Å²) in [6.45, 7) is 3.99. The Morgan fingerprint density at radius 3 is 2.55 bits per heavy atom. The van der Waals surface area contributed by atoms with Crippen LogP contribution >= 0.6 is 0 Å². The van der Waals surface area contributed by atoms with E-state index in [9.17, 15) is 13.2 Å². The molecule has 0 aliphatic rings. The molecule has 1 aromatic carbocycles. The Labute approximate surface area is 119 Å². The van der Waals surface area contributed by atoms with Crippen molar-refractivity contribution in [3.63, 3.8) is 0 Å². The van der Waals surface area contributed by atoms with Gasteiger partial charge in [-0.2, -0.15) is 0 Å². The number of carboxylic acid groups (broad SMARTS) is 1. The summed E-state index contributed by atoms with van der Waals surface area (Å²) in [7, 11) is -2.43. The summed E-state index contributed by atoms with van der Waals surface area (Å²) >= 11 is 0. The average Bonchev–Trinajstić information content (AvgIpc) is 2.39. The van der Waals surface area contributed by atoms with E-state index in [0.717, 1.165) is 18.9 Å². The molecule has 7 heteroatoms. The highest BCUT2D eigenvalue weighted by Gasteiger charge is 2.20. The van der Waals surface area contributed by atoms with Gasteiger partial charge in [-0.05, 0) is 38.6 Å². The molecule has 1 rings (SSSR count). The number of carboxylic acids is 1. The van der Waals surface area contributed by atoms with E-state index in [1.54, 1.807) is 0 Å². The number of aromatic carboxylic acids is 1. The maximum Gasteiger partial charge on any atom is 0.335 e. The Hall–Kier alpha value is -1.60. The van der Waals surface area contributed by atoms with Gasteiger partial charge in [-0.15, -0.1) is 0 Å². The highest BCUT2D eigenvalue weighted by molar-refractivity contribution is 7.89. The summed E-state index contributed by atoms with van der Waals surface area (Å²) in [5.74, 6) is -1.16. The maximum absolute atomic E-state index is 12.0. The van der Waals surface area contributed by atoms with E-state index < -0.39 is 16.0 Å². The van der Waals surface area contributed by atoms with E-state index in [0.29, 0.717) is 5.69 Å². The van der Waals surface area contributed by atoms with Crippen LogP contribution in [0.25, 0.3) is 0 Å². The zero-order valence-corrected chi connectivity index (χ0v) is 12.6. The SMILES string of the molecule is CCC[C@H](C)Nc1ccc(C(=O)O)cc1S(=O)(=O)NC. The number of anilines is 1. The highest BCUT2D eigenvalue weighted by atomic mass is 32.2. The highest BCUT2D eigenvalue weighted by Crippen LogP contribution is 2.24. The molecular weight excluding hydrogens is 280 g/mol. The smallest absolute Gasteiger partial charge is 0.335 e. The van der Waals surface area contributed by atoms with E-state index >= 15 is 0 Å². The van der Waals surface area contributed by atoms with Gasteiger partial charge in [0.1, 0.15) is 4.90 Å². The fraction of sp³-hybridized carbons (Fsp3) is 0.462. The molecule has 0 fully saturated rings. The Bertz CT molecular complexity index is 584. The first kappa shape index (κ1) is 16.5. The van der Waals surface area contributed by atoms with Crippen LogP contribution in [0, 0.1) is 0 Å². The molecular formula is C13H20N2O4S. The second-order valence-corrected chi connectivity index (χ2v) is 6.41. The van der Waals surface area contributed by atoms with Crippen LogP contribution in [0.5, 0.6) is 0 Å². The van der Waals surface area contributed by atoms with E-state index in [1.807, 2.05) is 13.8 Å². The molecule has 20 heavy (non-hydrogen) atoms. The fourth-order valence-electron chi connectivity index (χ4n) is 1.88. The number of carbonyl (C=O) groups is 1. The van der Waals surface area contributed by atoms with Crippen LogP contribution in [0.3, 0.4) is 0 Å². The molecule has 0 aliphatic carbocycles. The summed E-state index contributed by atoms with van der Waals surface area (Å²) in [5.41, 5.74) is 0.345. The minimum atomic E-state index is -3.72. The second-order valence-electron chi connectivity index (χ2n) is 4.56. The monoisotopic (exact) mass is 300 g/mol. The van der Waals surface area contributed by atoms with Crippen LogP contribution in [0.1, 0.15) is 37.0 Å². The van der Waals surface area contributed by atoms with Crippen LogP contribution < -0.4 is 10.0 Å². The van der Waals surface area contributed by atoms with Crippen molar-refractivity contribution < 1.29 is 18.3 Å². The largest absolute Gasteiger partial charge is 0.478 e. The number of benzene rings is 1. The predicted octanol–water partition coefficient (Wildman–Crippen LogP) is 1.89. The third-order valence-corrected chi connectivity index (χ3v) is 4.36. The van der Waals surface area contributed by atoms with Gasteiger partial charge in [0, 0.05) is 6.04 Å². The lowest BCUT2D eigenvalue weighted by molar-refractivity contribution is 0.0696. The first-order valence-electron chi connectivity index (χ1n) is 6.39. The molecule has 0 radical (unpaired) electrons. The minimum Gasteiger partial charge on any atom is -0.478 e. The Morgan fingerprint density at radius 2 is 2.05 bits per heavy atom. The number of hydrogen-bond donors (Lipinski definition) is 3. The van der Waals surface area contributed by atoms with Crippen LogP contribution in [-0.2, 0) is 10.0 Å². The summed E-state index contributed by atoms with van der Waals surface area (Å²) < 4.78 is 26.2. The Morgan fingerprint density at radius 1 is 1.40 bits per heavy atom. The van der Waals surface area contributed by atoms with Crippen molar-refractivity contribution in [1.82, 2.24) is 4.72 Å². The van der Waals surface area contributed by atoms with Gasteiger partial charge in [0.15, 0.2) is 0 Å². The van der Waals surface area contributed by atoms with Gasteiger partial charge in [-0.1, -0.05) is 13.3 Å². The first-order chi connectivity index (χ1) is 9.31. The Kier molecular flexibility index (Phi) is 5.52. The van der Waals surface area contributed by atoms with Crippen molar-refractivity contribution in [3.05, 3.63) is 23.8 Å². The van der Waals surface area contributed by atoms with Crippen molar-refractivity contribution in [3.8, 4) is 0 Å². The molecule has 6 nitrogen and oxygen atoms in total. The van der Waals surface area contributed by atoms with Crippen LogP contribution in [0.2, 0.25) is 0 Å². The lowest BCUT2D eigenvalue weighted by Crippen LogP contribution is -2.23. The van der Waals surface area contributed by atoms with E-state index in [1.165, 1.54) is 19.2 Å². The molecule has 112 valence electrons. The van der Waals surface area contributed by atoms with Crippen molar-refractivity contribution in [1.29, 1.82) is 0 Å². The molecule has 0 unspecified atom stereocenters. The van der Waals surface area contributed by atoms with Crippen LogP contribution in [0.4, 0.5) is 5.69 Å². The molecule has 0 spiro atoms. The van der Waals surface area contributed by atoms with Gasteiger partial charge < -0.3 is 10.4 Å². The van der Waals surface area contributed by atoms with Gasteiger partial charge in [0.2, 0.25) is 10.0 Å². The fourth-order valence-corrected chi connectivity index (χ4v) is 2.80. The van der Waals surface area contributed by atoms with Gasteiger partial charge in [0.25, 0.3) is 0 Å². The lowest BCUT2D eigenvalue weighted by atomic mass is 10.1. The van der Waals surface area contributed by atoms with Crippen molar-refractivity contribution in [2.24, 2.45) is 0 Å². The zero-order chi connectivity index (χ0) is 15.3. The zero-order valence-electron chi connectivity index (χ0n) is 11.8. The summed E-state index contributed by atoms with van der Waals surface area (Å²) in [5, 5.41) is 12.1. The molecule has 1 atom stereocenters. The predicted molar refractivity (Wildman–Crippen MR) is 77.6 cm³/mol. The molecule has 0 bridgehead atoms. The van der Waals surface area contributed by atoms with Crippen LogP contribution in [0.15, 0.2) is 23.1 Å². The van der Waals surface area contributed by atoms with Crippen molar-refractivity contribution in [2.75, 3.05) is 12.4 Å². The molecule has 0 aliphatic heterocycles. The summed E-state index contributed by atoms with van der Waals surface area (Å²) in [6, 6.07) is 4.13. The molecule has 0 saturated heterocycles. The standard InChI is InChI=1S/C13H20N2O4S/c1-4-5-9(2)15-11-7-6-10(13(16)17)8-12(11)20(18,19)14-3/h6-9,14-15H,4-5H2,1-3H3,(H,16,17)/t9-/m0/s1. The molecule has 0 amide bonds. The molecule has 0 aromatic heterocycles. The topological polar surface area (TPSA) is 95.5 Å². The number of hydrogen-bond acceptors (Lipinski definition) is 4. The van der Waals surface area contributed by atoms with E-state index in [4.69, 9.17) is 5.11 Å². The molecule has 0 heterocycles. The summed E-state index contributed by atoms with van der Waals surface area (Å²) in [4.78, 5) is 10.9. The van der Waals surface area contributed by atoms with Gasteiger partial charge in [-0.3, -0.25) is 0 Å². The number of rotatable bonds is 7. The van der Waals surface area contributed by atoms with E-state index in [2.05, 4.69) is 10.0 Å². The van der Waals surface area contributed by atoms with Crippen molar-refractivity contribution in [2.45, 2.75) is 37.6 Å². The third-order valence-electron chi connectivity index (χ3n) is 2.91. The van der Waals surface area contributed by atoms with Crippen molar-refractivity contribution >= 4 is 21.7 Å². The molecule has 0 saturated carbocycles. The van der Waals surface area contributed by atoms with Gasteiger partial charge >= 0.3 is 5.97 Å². The van der Waals surface area contributed by atoms with Gasteiger partial charge in [0.05, 0.1) is 11.3 Å². The molecule has 3 N–H and O–H groups in total. The average molecular weight is 300 g/mol. The van der Waals surface area contributed by atoms with Gasteiger partial charge in [-0.25, -0.2) is 17.9 Å². The maximum atomic E-state index is 12.0. The number of nitrogens with one attached hydrogen (secondary N) is 2. The number of sulfonamides is 1. The lowest BCUT2D eigenvalue weighted by Gasteiger charge is -2.17.